The van der Waals surface area contributed by atoms with Gasteiger partial charge < -0.3 is 9.64 Å². The lowest BCUT2D eigenvalue weighted by Crippen LogP contribution is -2.38. The molecule has 1 fully saturated rings. The highest BCUT2D eigenvalue weighted by atomic mass is 35.5. The minimum absolute atomic E-state index is 0. The fraction of sp³-hybridized carbons (Fsp3) is 0.524. The van der Waals surface area contributed by atoms with E-state index in [0.717, 1.165) is 11.8 Å². The van der Waals surface area contributed by atoms with Gasteiger partial charge in [-0.3, -0.25) is 0 Å². The number of rotatable bonds is 6. The number of piperidine rings is 1. The maximum Gasteiger partial charge on any atom is 0.119 e. The van der Waals surface area contributed by atoms with E-state index in [1.54, 1.807) is 7.11 Å². The van der Waals surface area contributed by atoms with Gasteiger partial charge in [-0.2, -0.15) is 0 Å². The van der Waals surface area contributed by atoms with E-state index in [1.165, 1.54) is 68.0 Å². The Hall–Kier alpha value is -1.25. The van der Waals surface area contributed by atoms with Crippen molar-refractivity contribution in [3.05, 3.63) is 42.0 Å². The summed E-state index contributed by atoms with van der Waals surface area (Å²) in [6.45, 7) is 4.95. The molecule has 1 aliphatic heterocycles. The topological polar surface area (TPSA) is 12.5 Å². The molecule has 0 bridgehead atoms. The molecule has 0 aliphatic carbocycles. The zero-order chi connectivity index (χ0) is 16.1. The molecule has 0 radical (unpaired) electrons. The third-order valence-corrected chi connectivity index (χ3v) is 5.26. The second-order valence-electron chi connectivity index (χ2n) is 6.84. The molecule has 0 spiro atoms. The SMILES string of the molecule is COc1ccc2c(CCCCN3CCCC[C@@H]3C)cccc2c1.Cl. The molecular formula is C21H30ClNO. The van der Waals surface area contributed by atoms with E-state index in [0.29, 0.717) is 0 Å². The molecule has 1 heterocycles. The lowest BCUT2D eigenvalue weighted by Gasteiger charge is -2.33. The molecule has 1 saturated heterocycles. The highest BCUT2D eigenvalue weighted by Crippen LogP contribution is 2.25. The minimum Gasteiger partial charge on any atom is -0.497 e. The molecule has 3 rings (SSSR count). The van der Waals surface area contributed by atoms with E-state index in [1.807, 2.05) is 0 Å². The number of methoxy groups -OCH3 is 1. The van der Waals surface area contributed by atoms with Crippen molar-refractivity contribution >= 4 is 23.2 Å². The minimum atomic E-state index is 0. The summed E-state index contributed by atoms with van der Waals surface area (Å²) in [5.74, 6) is 0.939. The first-order valence-electron chi connectivity index (χ1n) is 9.07. The maximum absolute atomic E-state index is 5.33. The van der Waals surface area contributed by atoms with Crippen LogP contribution in [0.4, 0.5) is 0 Å². The van der Waals surface area contributed by atoms with Crippen molar-refractivity contribution in [1.29, 1.82) is 0 Å². The van der Waals surface area contributed by atoms with Crippen LogP contribution in [0.25, 0.3) is 10.8 Å². The van der Waals surface area contributed by atoms with Crippen molar-refractivity contribution in [3.8, 4) is 5.75 Å². The first-order chi connectivity index (χ1) is 11.3. The summed E-state index contributed by atoms with van der Waals surface area (Å²) in [6, 6.07) is 13.8. The Kier molecular flexibility index (Phi) is 7.39. The predicted octanol–water partition coefficient (Wildman–Crippen LogP) is 5.47. The first-order valence-corrected chi connectivity index (χ1v) is 9.07. The summed E-state index contributed by atoms with van der Waals surface area (Å²) in [5.41, 5.74) is 1.47. The number of aryl methyl sites for hydroxylation is 1. The Labute approximate surface area is 152 Å². The second kappa shape index (κ2) is 9.29. The van der Waals surface area contributed by atoms with Crippen LogP contribution in [-0.2, 0) is 6.42 Å². The van der Waals surface area contributed by atoms with Crippen LogP contribution < -0.4 is 4.74 Å². The molecule has 2 aromatic rings. The van der Waals surface area contributed by atoms with E-state index in [9.17, 15) is 0 Å². The van der Waals surface area contributed by atoms with Crippen LogP contribution in [0, 0.1) is 0 Å². The first kappa shape index (κ1) is 19.1. The molecule has 132 valence electrons. The zero-order valence-corrected chi connectivity index (χ0v) is 15.8. The molecule has 0 amide bonds. The molecule has 0 saturated carbocycles. The van der Waals surface area contributed by atoms with Gasteiger partial charge in [0.05, 0.1) is 7.11 Å². The normalized spacial score (nSPS) is 18.3. The predicted molar refractivity (Wildman–Crippen MR) is 106 cm³/mol. The Morgan fingerprint density at radius 3 is 2.79 bits per heavy atom. The van der Waals surface area contributed by atoms with E-state index in [4.69, 9.17) is 4.74 Å². The molecule has 0 unspecified atom stereocenters. The van der Waals surface area contributed by atoms with Gasteiger partial charge >= 0.3 is 0 Å². The van der Waals surface area contributed by atoms with Crippen molar-refractivity contribution in [3.63, 3.8) is 0 Å². The number of ether oxygens (including phenoxy) is 1. The van der Waals surface area contributed by atoms with Gasteiger partial charge in [0.2, 0.25) is 0 Å². The number of unbranched alkanes of at least 4 members (excludes halogenated alkanes) is 1. The lowest BCUT2D eigenvalue weighted by atomic mass is 9.99. The Morgan fingerprint density at radius 1 is 1.12 bits per heavy atom. The highest BCUT2D eigenvalue weighted by Gasteiger charge is 2.17. The molecule has 1 atom stereocenters. The van der Waals surface area contributed by atoms with E-state index in [-0.39, 0.29) is 12.4 Å². The summed E-state index contributed by atoms with van der Waals surface area (Å²) in [6.07, 6.45) is 7.93. The summed E-state index contributed by atoms with van der Waals surface area (Å²) in [7, 11) is 1.73. The van der Waals surface area contributed by atoms with Crippen LogP contribution in [0.1, 0.15) is 44.6 Å². The van der Waals surface area contributed by atoms with Gasteiger partial charge in [-0.05, 0) is 80.6 Å². The number of likely N-dealkylation sites (tertiary alicyclic amines) is 1. The van der Waals surface area contributed by atoms with Gasteiger partial charge in [0, 0.05) is 6.04 Å². The van der Waals surface area contributed by atoms with Crippen molar-refractivity contribution < 1.29 is 4.74 Å². The molecule has 2 aromatic carbocycles. The third-order valence-electron chi connectivity index (χ3n) is 5.26. The second-order valence-corrected chi connectivity index (χ2v) is 6.84. The van der Waals surface area contributed by atoms with Crippen LogP contribution >= 0.6 is 12.4 Å². The number of hydrogen-bond acceptors (Lipinski definition) is 2. The number of nitrogens with zero attached hydrogens (tertiary/aromatic N) is 1. The number of hydrogen-bond donors (Lipinski definition) is 0. The average Bonchev–Trinajstić information content (AvgIpc) is 2.59. The van der Waals surface area contributed by atoms with Crippen molar-refractivity contribution in [2.45, 2.75) is 51.5 Å². The van der Waals surface area contributed by atoms with Crippen LogP contribution in [0.3, 0.4) is 0 Å². The fourth-order valence-corrected chi connectivity index (χ4v) is 3.79. The lowest BCUT2D eigenvalue weighted by molar-refractivity contribution is 0.158. The number of halogens is 1. The molecule has 0 aromatic heterocycles. The van der Waals surface area contributed by atoms with E-state index >= 15 is 0 Å². The summed E-state index contributed by atoms with van der Waals surface area (Å²) < 4.78 is 5.33. The van der Waals surface area contributed by atoms with Crippen LogP contribution in [0.15, 0.2) is 36.4 Å². The number of fused-ring (bicyclic) bond motifs is 1. The average molecular weight is 348 g/mol. The van der Waals surface area contributed by atoms with Gasteiger partial charge in [-0.1, -0.05) is 30.7 Å². The molecule has 24 heavy (non-hydrogen) atoms. The Morgan fingerprint density at radius 2 is 2.00 bits per heavy atom. The molecule has 1 aliphatic rings. The Balaban J connectivity index is 0.00000208. The quantitative estimate of drug-likeness (QED) is 0.642. The summed E-state index contributed by atoms with van der Waals surface area (Å²) in [5, 5.41) is 2.66. The van der Waals surface area contributed by atoms with Crippen LogP contribution in [0.2, 0.25) is 0 Å². The molecule has 3 heteroatoms. The van der Waals surface area contributed by atoms with Gasteiger partial charge in [0.15, 0.2) is 0 Å². The summed E-state index contributed by atoms with van der Waals surface area (Å²) in [4.78, 5) is 2.68. The van der Waals surface area contributed by atoms with Crippen molar-refractivity contribution in [2.24, 2.45) is 0 Å². The van der Waals surface area contributed by atoms with E-state index in [2.05, 4.69) is 48.2 Å². The highest BCUT2D eigenvalue weighted by molar-refractivity contribution is 5.87. The van der Waals surface area contributed by atoms with Crippen LogP contribution in [-0.4, -0.2) is 31.1 Å². The van der Waals surface area contributed by atoms with Gasteiger partial charge in [0.25, 0.3) is 0 Å². The van der Waals surface area contributed by atoms with E-state index < -0.39 is 0 Å². The zero-order valence-electron chi connectivity index (χ0n) is 15.0. The van der Waals surface area contributed by atoms with Gasteiger partial charge in [-0.15, -0.1) is 12.4 Å². The summed E-state index contributed by atoms with van der Waals surface area (Å²) >= 11 is 0. The molecule has 2 nitrogen and oxygen atoms in total. The molecule has 0 N–H and O–H groups in total. The van der Waals surface area contributed by atoms with Gasteiger partial charge in [-0.25, -0.2) is 0 Å². The number of benzene rings is 2. The van der Waals surface area contributed by atoms with Gasteiger partial charge in [0.1, 0.15) is 5.75 Å². The fourth-order valence-electron chi connectivity index (χ4n) is 3.79. The van der Waals surface area contributed by atoms with Crippen molar-refractivity contribution in [1.82, 2.24) is 4.90 Å². The third kappa shape index (κ3) is 4.64. The molecular weight excluding hydrogens is 318 g/mol. The monoisotopic (exact) mass is 347 g/mol. The Bertz CT molecular complexity index is 643. The van der Waals surface area contributed by atoms with Crippen molar-refractivity contribution in [2.75, 3.05) is 20.2 Å². The van der Waals surface area contributed by atoms with Crippen LogP contribution in [0.5, 0.6) is 5.75 Å². The maximum atomic E-state index is 5.33. The largest absolute Gasteiger partial charge is 0.497 e. The standard InChI is InChI=1S/C21H29NO.ClH/c1-17-8-3-5-14-22(17)15-6-4-9-18-10-7-11-19-16-20(23-2)12-13-21(18)19;/h7,10-13,16-17H,3-6,8-9,14-15H2,1-2H3;1H/t17-;/m0./s1. The smallest absolute Gasteiger partial charge is 0.119 e.